The van der Waals surface area contributed by atoms with Gasteiger partial charge in [-0.1, -0.05) is 13.8 Å². The van der Waals surface area contributed by atoms with Crippen LogP contribution in [0, 0.1) is 0 Å². The van der Waals surface area contributed by atoms with Crippen molar-refractivity contribution in [2.45, 2.75) is 32.7 Å². The Morgan fingerprint density at radius 3 is 2.38 bits per heavy atom. The van der Waals surface area contributed by atoms with Crippen molar-refractivity contribution in [2.75, 3.05) is 18.5 Å². The summed E-state index contributed by atoms with van der Waals surface area (Å²) in [6, 6.07) is 6.38. The Hall–Kier alpha value is -2.08. The zero-order chi connectivity index (χ0) is 15.7. The molecule has 1 atom stereocenters. The maximum Gasteiger partial charge on any atom is 0.313 e. The molecule has 0 spiro atoms. The number of rotatable bonds is 7. The second-order valence-electron chi connectivity index (χ2n) is 4.59. The average Bonchev–Trinajstić information content (AvgIpc) is 2.51. The molecule has 116 valence electrons. The maximum atomic E-state index is 11.7. The summed E-state index contributed by atoms with van der Waals surface area (Å²) < 4.78 is 5.42. The van der Waals surface area contributed by atoms with Gasteiger partial charge in [0.1, 0.15) is 5.75 Å². The van der Waals surface area contributed by atoms with E-state index in [9.17, 15) is 9.59 Å². The predicted octanol–water partition coefficient (Wildman–Crippen LogP) is 1.30. The molecule has 21 heavy (non-hydrogen) atoms. The molecule has 3 N–H and O–H groups in total. The molecule has 0 aliphatic rings. The number of nitrogens with one attached hydrogen (secondary N) is 2. The van der Waals surface area contributed by atoms with Crippen LogP contribution in [0.5, 0.6) is 5.75 Å². The molecule has 0 heterocycles. The average molecular weight is 294 g/mol. The molecular weight excluding hydrogens is 272 g/mol. The Labute approximate surface area is 124 Å². The molecule has 1 aromatic rings. The first kappa shape index (κ1) is 17.0. The Balaban J connectivity index is 2.52. The van der Waals surface area contributed by atoms with Crippen LogP contribution in [0.4, 0.5) is 5.69 Å². The molecular formula is C15H22N2O4. The summed E-state index contributed by atoms with van der Waals surface area (Å²) in [5, 5.41) is 13.9. The van der Waals surface area contributed by atoms with E-state index in [4.69, 9.17) is 9.84 Å². The third-order valence-corrected chi connectivity index (χ3v) is 2.84. The van der Waals surface area contributed by atoms with Gasteiger partial charge in [-0.2, -0.15) is 0 Å². The summed E-state index contributed by atoms with van der Waals surface area (Å²) >= 11 is 0. The molecule has 0 saturated carbocycles. The van der Waals surface area contributed by atoms with E-state index in [1.165, 1.54) is 0 Å². The van der Waals surface area contributed by atoms with Gasteiger partial charge < -0.3 is 20.5 Å². The monoisotopic (exact) mass is 294 g/mol. The highest BCUT2D eigenvalue weighted by Crippen LogP contribution is 2.15. The molecule has 1 aromatic carbocycles. The highest BCUT2D eigenvalue weighted by atomic mass is 16.5. The molecule has 1 rings (SSSR count). The number of anilines is 1. The van der Waals surface area contributed by atoms with Crippen molar-refractivity contribution in [3.63, 3.8) is 0 Å². The van der Waals surface area contributed by atoms with Gasteiger partial charge in [-0.05, 0) is 37.1 Å². The standard InChI is InChI=1S/C15H22N2O4/c1-3-9-21-13-7-5-12(6-8-13)17-15(20)14(19)16-11(4-2)10-18/h5-8,11,18H,3-4,9-10H2,1-2H3,(H,16,19)(H,17,20)/t11-/m0/s1. The quantitative estimate of drug-likeness (QED) is 0.661. The number of aliphatic hydroxyl groups excluding tert-OH is 1. The van der Waals surface area contributed by atoms with Gasteiger partial charge in [-0.3, -0.25) is 9.59 Å². The topological polar surface area (TPSA) is 87.7 Å². The Bertz CT molecular complexity index is 455. The van der Waals surface area contributed by atoms with E-state index in [2.05, 4.69) is 10.6 Å². The summed E-state index contributed by atoms with van der Waals surface area (Å²) in [5.41, 5.74) is 0.510. The Morgan fingerprint density at radius 2 is 1.86 bits per heavy atom. The summed E-state index contributed by atoms with van der Waals surface area (Å²) in [6.45, 7) is 4.27. The SMILES string of the molecule is CCCOc1ccc(NC(=O)C(=O)N[C@@H](CC)CO)cc1. The van der Waals surface area contributed by atoms with Crippen LogP contribution in [-0.4, -0.2) is 36.2 Å². The zero-order valence-electron chi connectivity index (χ0n) is 12.4. The van der Waals surface area contributed by atoms with Gasteiger partial charge in [0.05, 0.1) is 19.3 Å². The van der Waals surface area contributed by atoms with Gasteiger partial charge in [0.15, 0.2) is 0 Å². The predicted molar refractivity (Wildman–Crippen MR) is 80.2 cm³/mol. The number of carbonyl (C=O) groups is 2. The Morgan fingerprint density at radius 1 is 1.19 bits per heavy atom. The van der Waals surface area contributed by atoms with Crippen molar-refractivity contribution in [1.29, 1.82) is 0 Å². The molecule has 0 bridgehead atoms. The third kappa shape index (κ3) is 5.83. The van der Waals surface area contributed by atoms with E-state index in [1.807, 2.05) is 13.8 Å². The van der Waals surface area contributed by atoms with Gasteiger partial charge in [0.2, 0.25) is 0 Å². The van der Waals surface area contributed by atoms with Crippen LogP contribution in [0.15, 0.2) is 24.3 Å². The minimum Gasteiger partial charge on any atom is -0.494 e. The van der Waals surface area contributed by atoms with Crippen LogP contribution in [0.1, 0.15) is 26.7 Å². The number of aliphatic hydroxyl groups is 1. The number of hydrogen-bond donors (Lipinski definition) is 3. The normalized spacial score (nSPS) is 11.6. The number of amides is 2. The molecule has 6 heteroatoms. The van der Waals surface area contributed by atoms with Gasteiger partial charge >= 0.3 is 11.8 Å². The van der Waals surface area contributed by atoms with E-state index in [-0.39, 0.29) is 6.61 Å². The van der Waals surface area contributed by atoms with Crippen LogP contribution in [0.2, 0.25) is 0 Å². The van der Waals surface area contributed by atoms with Crippen LogP contribution < -0.4 is 15.4 Å². The zero-order valence-corrected chi connectivity index (χ0v) is 12.4. The summed E-state index contributed by atoms with van der Waals surface area (Å²) in [7, 11) is 0. The molecule has 6 nitrogen and oxygen atoms in total. The fourth-order valence-corrected chi connectivity index (χ4v) is 1.57. The van der Waals surface area contributed by atoms with E-state index in [0.717, 1.165) is 6.42 Å². The molecule has 0 aliphatic heterocycles. The molecule has 0 aliphatic carbocycles. The van der Waals surface area contributed by atoms with Gasteiger partial charge in [-0.25, -0.2) is 0 Å². The molecule has 0 aromatic heterocycles. The highest BCUT2D eigenvalue weighted by molar-refractivity contribution is 6.39. The van der Waals surface area contributed by atoms with E-state index in [1.54, 1.807) is 24.3 Å². The van der Waals surface area contributed by atoms with Crippen LogP contribution in [-0.2, 0) is 9.59 Å². The molecule has 0 unspecified atom stereocenters. The number of benzene rings is 1. The van der Waals surface area contributed by atoms with Crippen molar-refractivity contribution in [3.05, 3.63) is 24.3 Å². The van der Waals surface area contributed by atoms with E-state index < -0.39 is 17.9 Å². The lowest BCUT2D eigenvalue weighted by Gasteiger charge is -2.13. The summed E-state index contributed by atoms with van der Waals surface area (Å²) in [6.07, 6.45) is 1.47. The number of ether oxygens (including phenoxy) is 1. The first-order valence-electron chi connectivity index (χ1n) is 7.06. The van der Waals surface area contributed by atoms with Crippen LogP contribution in [0.25, 0.3) is 0 Å². The summed E-state index contributed by atoms with van der Waals surface area (Å²) in [5.74, 6) is -0.808. The first-order chi connectivity index (χ1) is 10.1. The molecule has 0 fully saturated rings. The Kier molecular flexibility index (Phi) is 7.25. The smallest absolute Gasteiger partial charge is 0.313 e. The molecule has 0 saturated heterocycles. The van der Waals surface area contributed by atoms with Gasteiger partial charge in [0.25, 0.3) is 0 Å². The van der Waals surface area contributed by atoms with Gasteiger partial charge in [0, 0.05) is 5.69 Å². The second kappa shape index (κ2) is 8.97. The number of hydrogen-bond acceptors (Lipinski definition) is 4. The number of carbonyl (C=O) groups excluding carboxylic acids is 2. The van der Waals surface area contributed by atoms with Crippen molar-refractivity contribution in [1.82, 2.24) is 5.32 Å². The fourth-order valence-electron chi connectivity index (χ4n) is 1.57. The van der Waals surface area contributed by atoms with Crippen molar-refractivity contribution >= 4 is 17.5 Å². The van der Waals surface area contributed by atoms with Crippen molar-refractivity contribution in [2.24, 2.45) is 0 Å². The molecule has 0 radical (unpaired) electrons. The van der Waals surface area contributed by atoms with Crippen LogP contribution >= 0.6 is 0 Å². The largest absolute Gasteiger partial charge is 0.494 e. The minimum atomic E-state index is -0.762. The maximum absolute atomic E-state index is 11.7. The van der Waals surface area contributed by atoms with Gasteiger partial charge in [-0.15, -0.1) is 0 Å². The lowest BCUT2D eigenvalue weighted by molar-refractivity contribution is -0.136. The van der Waals surface area contributed by atoms with Crippen molar-refractivity contribution in [3.8, 4) is 5.75 Å². The fraction of sp³-hybridized carbons (Fsp3) is 0.467. The van der Waals surface area contributed by atoms with E-state index in [0.29, 0.717) is 24.5 Å². The van der Waals surface area contributed by atoms with E-state index >= 15 is 0 Å². The lowest BCUT2D eigenvalue weighted by Crippen LogP contribution is -2.43. The highest BCUT2D eigenvalue weighted by Gasteiger charge is 2.17. The van der Waals surface area contributed by atoms with Crippen molar-refractivity contribution < 1.29 is 19.4 Å². The summed E-state index contributed by atoms with van der Waals surface area (Å²) in [4.78, 5) is 23.3. The minimum absolute atomic E-state index is 0.195. The first-order valence-corrected chi connectivity index (χ1v) is 7.06. The third-order valence-electron chi connectivity index (χ3n) is 2.84. The molecule has 2 amide bonds. The second-order valence-corrected chi connectivity index (χ2v) is 4.59. The lowest BCUT2D eigenvalue weighted by atomic mass is 10.2. The van der Waals surface area contributed by atoms with Crippen LogP contribution in [0.3, 0.4) is 0 Å².